The third-order valence-electron chi connectivity index (χ3n) is 5.90. The van der Waals surface area contributed by atoms with Crippen LogP contribution < -0.4 is 5.73 Å². The summed E-state index contributed by atoms with van der Waals surface area (Å²) >= 11 is 0. The Bertz CT molecular complexity index is 1290. The van der Waals surface area contributed by atoms with Crippen molar-refractivity contribution in [3.8, 4) is 0 Å². The van der Waals surface area contributed by atoms with Gasteiger partial charge in [-0.2, -0.15) is 5.10 Å². The lowest BCUT2D eigenvalue weighted by Gasteiger charge is -2.25. The zero-order valence-electron chi connectivity index (χ0n) is 16.7. The van der Waals surface area contributed by atoms with Crippen molar-refractivity contribution in [1.82, 2.24) is 24.6 Å². The Labute approximate surface area is 168 Å². The highest BCUT2D eigenvalue weighted by atomic mass is 16.2. The molecule has 3 heterocycles. The second kappa shape index (κ2) is 6.27. The molecule has 7 heteroatoms. The van der Waals surface area contributed by atoms with E-state index in [0.717, 1.165) is 51.6 Å². The van der Waals surface area contributed by atoms with Crippen LogP contribution in [0.3, 0.4) is 0 Å². The van der Waals surface area contributed by atoms with Crippen molar-refractivity contribution in [3.63, 3.8) is 0 Å². The number of nitrogen functional groups attached to an aromatic ring is 1. The molecular formula is C22H22N6O. The molecular weight excluding hydrogens is 364 g/mol. The molecule has 5 rings (SSSR count). The molecule has 3 aromatic heterocycles. The Balaban J connectivity index is 1.56. The Morgan fingerprint density at radius 2 is 2.03 bits per heavy atom. The number of fused-ring (bicyclic) bond motifs is 4. The number of nitrogens with zero attached hydrogens (tertiary/aromatic N) is 5. The molecule has 0 fully saturated rings. The molecule has 0 spiro atoms. The number of hydrogen-bond donors (Lipinski definition) is 1. The highest BCUT2D eigenvalue weighted by molar-refractivity contribution is 6.10. The number of carbonyl (C=O) groups excluding carboxylic acids is 1. The molecule has 4 aromatic rings. The minimum Gasteiger partial charge on any atom is -0.383 e. The van der Waals surface area contributed by atoms with Crippen LogP contribution in [0.25, 0.3) is 21.8 Å². The number of hydrogen-bond acceptors (Lipinski definition) is 5. The summed E-state index contributed by atoms with van der Waals surface area (Å²) < 4.78 is 1.77. The van der Waals surface area contributed by atoms with Crippen LogP contribution in [0.5, 0.6) is 0 Å². The van der Waals surface area contributed by atoms with Crippen LogP contribution in [0.15, 0.2) is 36.5 Å². The van der Waals surface area contributed by atoms with E-state index in [4.69, 9.17) is 5.73 Å². The second-order valence-electron chi connectivity index (χ2n) is 7.72. The number of carbonyl (C=O) groups is 1. The molecule has 1 aliphatic carbocycles. The van der Waals surface area contributed by atoms with Gasteiger partial charge in [-0.3, -0.25) is 14.5 Å². The minimum absolute atomic E-state index is 0.0162. The zero-order chi connectivity index (χ0) is 20.3. The maximum atomic E-state index is 13.3. The quantitative estimate of drug-likeness (QED) is 0.571. The molecule has 0 unspecified atom stereocenters. The Morgan fingerprint density at radius 1 is 1.21 bits per heavy atom. The van der Waals surface area contributed by atoms with Gasteiger partial charge in [0.1, 0.15) is 5.82 Å². The number of nitrogens with two attached hydrogens (primary N) is 1. The number of rotatable bonds is 2. The molecule has 2 N–H and O–H groups in total. The van der Waals surface area contributed by atoms with Gasteiger partial charge in [-0.25, -0.2) is 4.98 Å². The first-order valence-electron chi connectivity index (χ1n) is 9.68. The summed E-state index contributed by atoms with van der Waals surface area (Å²) in [7, 11) is 3.74. The summed E-state index contributed by atoms with van der Waals surface area (Å²) in [6.07, 6.45) is 3.50. The lowest BCUT2D eigenvalue weighted by Crippen LogP contribution is -2.30. The zero-order valence-corrected chi connectivity index (χ0v) is 16.7. The van der Waals surface area contributed by atoms with Gasteiger partial charge < -0.3 is 10.6 Å². The molecule has 7 nitrogen and oxygen atoms in total. The van der Waals surface area contributed by atoms with E-state index < -0.39 is 0 Å². The van der Waals surface area contributed by atoms with Crippen molar-refractivity contribution in [3.05, 3.63) is 59.0 Å². The van der Waals surface area contributed by atoms with E-state index in [1.807, 2.05) is 50.2 Å². The van der Waals surface area contributed by atoms with Crippen LogP contribution >= 0.6 is 0 Å². The van der Waals surface area contributed by atoms with Gasteiger partial charge in [0.25, 0.3) is 5.91 Å². The van der Waals surface area contributed by atoms with Crippen LogP contribution in [-0.2, 0) is 13.5 Å². The molecule has 0 radical (unpaired) electrons. The highest BCUT2D eigenvalue weighted by Gasteiger charge is 2.30. The van der Waals surface area contributed by atoms with Crippen molar-refractivity contribution in [2.45, 2.75) is 25.8 Å². The van der Waals surface area contributed by atoms with Crippen molar-refractivity contribution >= 4 is 33.5 Å². The maximum Gasteiger partial charge on any atom is 0.254 e. The summed E-state index contributed by atoms with van der Waals surface area (Å²) in [5.41, 5.74) is 11.6. The summed E-state index contributed by atoms with van der Waals surface area (Å²) in [6, 6.07) is 9.73. The number of aryl methyl sites for hydroxylation is 3. The van der Waals surface area contributed by atoms with E-state index in [9.17, 15) is 4.79 Å². The van der Waals surface area contributed by atoms with E-state index in [0.29, 0.717) is 11.4 Å². The fraction of sp³-hybridized carbons (Fsp3) is 0.273. The van der Waals surface area contributed by atoms with Gasteiger partial charge in [-0.1, -0.05) is 6.07 Å². The molecule has 1 atom stereocenters. The molecule has 1 amide bonds. The van der Waals surface area contributed by atoms with Crippen LogP contribution in [0.1, 0.15) is 39.8 Å². The van der Waals surface area contributed by atoms with Crippen LogP contribution in [-0.4, -0.2) is 37.6 Å². The van der Waals surface area contributed by atoms with E-state index in [1.54, 1.807) is 10.9 Å². The summed E-state index contributed by atoms with van der Waals surface area (Å²) in [5, 5.41) is 5.97. The molecule has 0 saturated heterocycles. The lowest BCUT2D eigenvalue weighted by atomic mass is 10.1. The Hall–Kier alpha value is -3.48. The number of pyridine rings is 2. The largest absolute Gasteiger partial charge is 0.383 e. The van der Waals surface area contributed by atoms with Crippen LogP contribution in [0, 0.1) is 6.92 Å². The summed E-state index contributed by atoms with van der Waals surface area (Å²) in [5.74, 6) is 0.430. The van der Waals surface area contributed by atoms with Gasteiger partial charge in [0.2, 0.25) is 0 Å². The van der Waals surface area contributed by atoms with E-state index >= 15 is 0 Å². The molecule has 0 aliphatic heterocycles. The molecule has 1 aliphatic rings. The first-order chi connectivity index (χ1) is 13.9. The van der Waals surface area contributed by atoms with Gasteiger partial charge in [-0.15, -0.1) is 0 Å². The third-order valence-corrected chi connectivity index (χ3v) is 5.90. The number of amides is 1. The molecule has 0 saturated carbocycles. The van der Waals surface area contributed by atoms with Gasteiger partial charge in [0.05, 0.1) is 28.7 Å². The first kappa shape index (κ1) is 17.6. The fourth-order valence-electron chi connectivity index (χ4n) is 4.39. The Morgan fingerprint density at radius 3 is 2.86 bits per heavy atom. The van der Waals surface area contributed by atoms with Gasteiger partial charge in [-0.05, 0) is 49.6 Å². The second-order valence-corrected chi connectivity index (χ2v) is 7.72. The molecule has 146 valence electrons. The predicted molar refractivity (Wildman–Crippen MR) is 113 cm³/mol. The lowest BCUT2D eigenvalue weighted by molar-refractivity contribution is 0.0731. The number of benzene rings is 1. The molecule has 1 aromatic carbocycles. The molecule has 0 bridgehead atoms. The van der Waals surface area contributed by atoms with E-state index in [-0.39, 0.29) is 11.9 Å². The van der Waals surface area contributed by atoms with Crippen molar-refractivity contribution in [2.75, 3.05) is 12.8 Å². The van der Waals surface area contributed by atoms with Gasteiger partial charge in [0.15, 0.2) is 0 Å². The standard InChI is InChI=1S/C22H22N6O/c1-12-4-6-14-17(25-12)8-9-19(14)27(2)22(29)13-5-7-18-15(10-13)20-16(21(23)26-18)11-24-28(20)3/h4-7,10-11,19H,8-9H2,1-3H3,(H2,23,26)/t19-/m1/s1. The van der Waals surface area contributed by atoms with Crippen molar-refractivity contribution < 1.29 is 4.79 Å². The highest BCUT2D eigenvalue weighted by Crippen LogP contribution is 2.35. The fourth-order valence-corrected chi connectivity index (χ4v) is 4.39. The summed E-state index contributed by atoms with van der Waals surface area (Å²) in [4.78, 5) is 24.3. The maximum absolute atomic E-state index is 13.3. The van der Waals surface area contributed by atoms with Gasteiger partial charge in [0, 0.05) is 36.4 Å². The molecule has 29 heavy (non-hydrogen) atoms. The monoisotopic (exact) mass is 386 g/mol. The normalized spacial score (nSPS) is 15.8. The van der Waals surface area contributed by atoms with Crippen LogP contribution in [0.2, 0.25) is 0 Å². The van der Waals surface area contributed by atoms with E-state index in [2.05, 4.69) is 21.1 Å². The SMILES string of the molecule is Cc1ccc2c(n1)CC[C@H]2N(C)C(=O)c1ccc2nc(N)c3cnn(C)c3c2c1. The van der Waals surface area contributed by atoms with E-state index in [1.165, 1.54) is 0 Å². The Kier molecular flexibility index (Phi) is 3.81. The van der Waals surface area contributed by atoms with Gasteiger partial charge >= 0.3 is 0 Å². The van der Waals surface area contributed by atoms with Crippen molar-refractivity contribution in [2.24, 2.45) is 7.05 Å². The number of anilines is 1. The van der Waals surface area contributed by atoms with Crippen molar-refractivity contribution in [1.29, 1.82) is 0 Å². The average Bonchev–Trinajstić information content (AvgIpc) is 3.30. The minimum atomic E-state index is -0.0162. The topological polar surface area (TPSA) is 89.9 Å². The van der Waals surface area contributed by atoms with Crippen LogP contribution in [0.4, 0.5) is 5.82 Å². The average molecular weight is 386 g/mol. The predicted octanol–water partition coefficient (Wildman–Crippen LogP) is 3.17. The third kappa shape index (κ3) is 2.65. The first-order valence-corrected chi connectivity index (χ1v) is 9.68. The number of aromatic nitrogens is 4. The smallest absolute Gasteiger partial charge is 0.254 e. The summed E-state index contributed by atoms with van der Waals surface area (Å²) in [6.45, 7) is 2.00.